The van der Waals surface area contributed by atoms with Gasteiger partial charge in [-0.1, -0.05) is 30.3 Å². The van der Waals surface area contributed by atoms with Crippen LogP contribution in [0, 0.1) is 0 Å². The van der Waals surface area contributed by atoms with Gasteiger partial charge in [0.25, 0.3) is 0 Å². The van der Waals surface area contributed by atoms with E-state index in [1.54, 1.807) is 11.8 Å². The Balaban J connectivity index is 0.000000302. The fourth-order valence-electron chi connectivity index (χ4n) is 0.952. The Bertz CT molecular complexity index is 307. The molecule has 0 heterocycles. The fraction of sp³-hybridized carbons (Fsp3) is 0.417. The normalized spacial score (nSPS) is 11.2. The number of aliphatic carboxylic acids is 1. The summed E-state index contributed by atoms with van der Waals surface area (Å²) >= 11 is 5.71. The van der Waals surface area contributed by atoms with E-state index in [1.807, 2.05) is 24.5 Å². The molecular formula is C12H19NO2S2. The molecule has 3 N–H and O–H groups in total. The molecule has 96 valence electrons. The maximum Gasteiger partial charge on any atom is 0.320 e. The monoisotopic (exact) mass is 273 g/mol. The fourth-order valence-corrected chi connectivity index (χ4v) is 1.65. The Kier molecular flexibility index (Phi) is 10.1. The number of thiol groups is 1. The molecule has 0 saturated carbocycles. The Morgan fingerprint density at radius 1 is 1.47 bits per heavy atom. The predicted molar refractivity (Wildman–Crippen MR) is 77.7 cm³/mol. The van der Waals surface area contributed by atoms with E-state index in [2.05, 4.69) is 24.8 Å². The summed E-state index contributed by atoms with van der Waals surface area (Å²) in [4.78, 5) is 10.1. The Morgan fingerprint density at radius 3 is 2.41 bits per heavy atom. The van der Waals surface area contributed by atoms with Gasteiger partial charge in [0.15, 0.2) is 0 Å². The lowest BCUT2D eigenvalue weighted by atomic mass is 10.2. The van der Waals surface area contributed by atoms with Crippen LogP contribution in [0.3, 0.4) is 0 Å². The molecule has 1 unspecified atom stereocenters. The van der Waals surface area contributed by atoms with E-state index < -0.39 is 12.0 Å². The zero-order chi connectivity index (χ0) is 13.1. The van der Waals surface area contributed by atoms with Gasteiger partial charge in [-0.15, -0.1) is 0 Å². The molecule has 0 aliphatic rings. The topological polar surface area (TPSA) is 63.3 Å². The van der Waals surface area contributed by atoms with E-state index >= 15 is 0 Å². The molecule has 5 heteroatoms. The van der Waals surface area contributed by atoms with Gasteiger partial charge < -0.3 is 10.8 Å². The number of hydrogen-bond acceptors (Lipinski definition) is 4. The summed E-state index contributed by atoms with van der Waals surface area (Å²) in [6.07, 6.45) is 2.48. The first-order valence-electron chi connectivity index (χ1n) is 5.24. The van der Waals surface area contributed by atoms with Crippen LogP contribution in [0.5, 0.6) is 0 Å². The number of rotatable bonds is 5. The summed E-state index contributed by atoms with van der Waals surface area (Å²) in [5.41, 5.74) is 6.46. The minimum Gasteiger partial charge on any atom is -0.480 e. The first-order valence-corrected chi connectivity index (χ1v) is 7.26. The zero-order valence-corrected chi connectivity index (χ0v) is 11.6. The Hall–Kier alpha value is -0.650. The van der Waals surface area contributed by atoms with Gasteiger partial charge in [0.05, 0.1) is 0 Å². The van der Waals surface area contributed by atoms with Crippen molar-refractivity contribution in [1.29, 1.82) is 0 Å². The number of thioether (sulfide) groups is 1. The van der Waals surface area contributed by atoms with Crippen LogP contribution in [0.15, 0.2) is 30.3 Å². The first-order chi connectivity index (χ1) is 8.11. The molecule has 0 aromatic heterocycles. The van der Waals surface area contributed by atoms with Gasteiger partial charge in [0.2, 0.25) is 0 Å². The molecule has 0 aliphatic carbocycles. The van der Waals surface area contributed by atoms with Crippen LogP contribution < -0.4 is 5.73 Å². The molecule has 1 aromatic carbocycles. The number of carboxylic acids is 1. The van der Waals surface area contributed by atoms with E-state index in [0.29, 0.717) is 6.42 Å². The maximum absolute atomic E-state index is 10.1. The van der Waals surface area contributed by atoms with Crippen molar-refractivity contribution in [2.45, 2.75) is 18.2 Å². The number of nitrogens with two attached hydrogens (primary N) is 1. The Labute approximate surface area is 112 Å². The average Bonchev–Trinajstić information content (AvgIpc) is 2.37. The van der Waals surface area contributed by atoms with Gasteiger partial charge in [-0.3, -0.25) is 4.79 Å². The van der Waals surface area contributed by atoms with Crippen molar-refractivity contribution in [2.75, 3.05) is 12.0 Å². The lowest BCUT2D eigenvalue weighted by molar-refractivity contribution is -0.138. The minimum absolute atomic E-state index is 0.552. The van der Waals surface area contributed by atoms with Crippen molar-refractivity contribution in [1.82, 2.24) is 0 Å². The van der Waals surface area contributed by atoms with Crippen molar-refractivity contribution in [2.24, 2.45) is 5.73 Å². The van der Waals surface area contributed by atoms with Crippen LogP contribution in [-0.4, -0.2) is 29.1 Å². The summed E-state index contributed by atoms with van der Waals surface area (Å²) in [5.74, 6) is 0.734. The van der Waals surface area contributed by atoms with Gasteiger partial charge in [0, 0.05) is 5.75 Å². The van der Waals surface area contributed by atoms with Gasteiger partial charge >= 0.3 is 5.97 Å². The van der Waals surface area contributed by atoms with Crippen LogP contribution in [0.4, 0.5) is 0 Å². The summed E-state index contributed by atoms with van der Waals surface area (Å²) in [6.45, 7) is 0. The lowest BCUT2D eigenvalue weighted by Crippen LogP contribution is -2.30. The minimum atomic E-state index is -0.913. The number of benzene rings is 1. The zero-order valence-electron chi connectivity index (χ0n) is 9.87. The van der Waals surface area contributed by atoms with E-state index in [9.17, 15) is 4.79 Å². The van der Waals surface area contributed by atoms with Crippen LogP contribution in [0.25, 0.3) is 0 Å². The molecule has 17 heavy (non-hydrogen) atoms. The smallest absolute Gasteiger partial charge is 0.320 e. The first kappa shape index (κ1) is 16.4. The highest BCUT2D eigenvalue weighted by molar-refractivity contribution is 7.98. The third-order valence-electron chi connectivity index (χ3n) is 1.98. The second-order valence-electron chi connectivity index (χ2n) is 3.37. The maximum atomic E-state index is 10.1. The molecule has 3 nitrogen and oxygen atoms in total. The lowest BCUT2D eigenvalue weighted by Gasteiger charge is -2.02. The van der Waals surface area contributed by atoms with Crippen LogP contribution in [0.2, 0.25) is 0 Å². The Morgan fingerprint density at radius 2 is 2.06 bits per heavy atom. The molecule has 0 aliphatic heterocycles. The molecule has 1 rings (SSSR count). The van der Waals surface area contributed by atoms with Gasteiger partial charge in [0.1, 0.15) is 6.04 Å². The molecular weight excluding hydrogens is 254 g/mol. The van der Waals surface area contributed by atoms with Crippen molar-refractivity contribution < 1.29 is 9.90 Å². The average molecular weight is 273 g/mol. The molecule has 0 amide bonds. The highest BCUT2D eigenvalue weighted by Crippen LogP contribution is 2.00. The van der Waals surface area contributed by atoms with Gasteiger partial charge in [-0.25, -0.2) is 0 Å². The van der Waals surface area contributed by atoms with E-state index in [4.69, 9.17) is 10.8 Å². The number of hydrogen-bond donors (Lipinski definition) is 3. The summed E-state index contributed by atoms with van der Waals surface area (Å²) < 4.78 is 0. The van der Waals surface area contributed by atoms with Crippen LogP contribution in [-0.2, 0) is 10.5 Å². The van der Waals surface area contributed by atoms with Crippen molar-refractivity contribution in [3.8, 4) is 0 Å². The van der Waals surface area contributed by atoms with Crippen LogP contribution >= 0.6 is 24.4 Å². The molecule has 1 atom stereocenters. The molecule has 0 saturated heterocycles. The van der Waals surface area contributed by atoms with Crippen molar-refractivity contribution >= 4 is 30.4 Å². The standard InChI is InChI=1S/C7H8S.C5H11NO2S/c8-6-7-4-2-1-3-5-7;1-9-3-2-4(6)5(7)8/h1-5,8H,6H2;4H,2-3,6H2,1H3,(H,7,8). The highest BCUT2D eigenvalue weighted by atomic mass is 32.2. The quantitative estimate of drug-likeness (QED) is 0.720. The van der Waals surface area contributed by atoms with Crippen molar-refractivity contribution in [3.63, 3.8) is 0 Å². The molecule has 0 fully saturated rings. The molecule has 0 radical (unpaired) electrons. The SMILES string of the molecule is CSCCC(N)C(=O)O.SCc1ccccc1. The second-order valence-corrected chi connectivity index (χ2v) is 4.67. The van der Waals surface area contributed by atoms with E-state index in [-0.39, 0.29) is 0 Å². The van der Waals surface area contributed by atoms with E-state index in [1.165, 1.54) is 5.56 Å². The molecule has 0 bridgehead atoms. The van der Waals surface area contributed by atoms with Crippen LogP contribution in [0.1, 0.15) is 12.0 Å². The third-order valence-corrected chi connectivity index (χ3v) is 2.98. The second kappa shape index (κ2) is 10.5. The highest BCUT2D eigenvalue weighted by Gasteiger charge is 2.08. The predicted octanol–water partition coefficient (Wildman–Crippen LogP) is 2.27. The number of carbonyl (C=O) groups is 1. The molecule has 0 spiro atoms. The number of carboxylic acid groups (broad SMARTS) is 1. The third kappa shape index (κ3) is 9.09. The van der Waals surface area contributed by atoms with E-state index in [0.717, 1.165) is 11.5 Å². The summed E-state index contributed by atoms with van der Waals surface area (Å²) in [6, 6.07) is 9.49. The largest absolute Gasteiger partial charge is 0.480 e. The van der Waals surface area contributed by atoms with Crippen molar-refractivity contribution in [3.05, 3.63) is 35.9 Å². The molecule has 1 aromatic rings. The summed E-state index contributed by atoms with van der Waals surface area (Å²) in [7, 11) is 0. The van der Waals surface area contributed by atoms with Gasteiger partial charge in [-0.2, -0.15) is 24.4 Å². The van der Waals surface area contributed by atoms with Gasteiger partial charge in [-0.05, 0) is 24.0 Å². The summed E-state index contributed by atoms with van der Waals surface area (Å²) in [5, 5.41) is 8.27.